The summed E-state index contributed by atoms with van der Waals surface area (Å²) in [5.74, 6) is 0. The summed E-state index contributed by atoms with van der Waals surface area (Å²) in [5, 5.41) is 11.3. The van der Waals surface area contributed by atoms with Crippen LogP contribution in [0.1, 0.15) is 12.8 Å². The molecule has 4 N–H and O–H groups in total. The molecule has 0 radical (unpaired) electrons. The molecule has 2 rings (SSSR count). The number of nitrogen functional groups attached to an aromatic ring is 1. The maximum absolute atomic E-state index is 6.00. The zero-order chi connectivity index (χ0) is 14.2. The van der Waals surface area contributed by atoms with Crippen molar-refractivity contribution in [2.24, 2.45) is 0 Å². The highest BCUT2D eigenvalue weighted by Crippen LogP contribution is 2.24. The molecule has 1 heterocycles. The van der Waals surface area contributed by atoms with Crippen LogP contribution in [0.5, 0.6) is 0 Å². The van der Waals surface area contributed by atoms with Gasteiger partial charge in [0.15, 0.2) is 0 Å². The lowest BCUT2D eigenvalue weighted by Crippen LogP contribution is -2.07. The Morgan fingerprint density at radius 3 is 3.00 bits per heavy atom. The topological polar surface area (TPSA) is 85.2 Å². The maximum Gasteiger partial charge on any atom is 0.0700 e. The van der Waals surface area contributed by atoms with Crippen LogP contribution in [-0.4, -0.2) is 43.7 Å². The van der Waals surface area contributed by atoms with E-state index in [2.05, 4.69) is 15.5 Å². The predicted molar refractivity (Wildman–Crippen MR) is 80.9 cm³/mol. The van der Waals surface area contributed by atoms with Crippen molar-refractivity contribution in [1.29, 1.82) is 0 Å². The molecule has 6 nitrogen and oxygen atoms in total. The van der Waals surface area contributed by atoms with E-state index < -0.39 is 0 Å². The van der Waals surface area contributed by atoms with Gasteiger partial charge in [-0.25, -0.2) is 0 Å². The number of aromatic amines is 1. The van der Waals surface area contributed by atoms with Crippen molar-refractivity contribution >= 4 is 22.3 Å². The van der Waals surface area contributed by atoms with Crippen molar-refractivity contribution < 1.29 is 9.47 Å². The van der Waals surface area contributed by atoms with Crippen molar-refractivity contribution in [3.05, 3.63) is 18.3 Å². The lowest BCUT2D eigenvalue weighted by atomic mass is 10.2. The number of benzene rings is 1. The van der Waals surface area contributed by atoms with E-state index in [1.165, 1.54) is 0 Å². The lowest BCUT2D eigenvalue weighted by molar-refractivity contribution is 0.0691. The van der Waals surface area contributed by atoms with Gasteiger partial charge in [-0.2, -0.15) is 5.10 Å². The third kappa shape index (κ3) is 4.11. The number of anilines is 2. The first-order chi connectivity index (χ1) is 9.81. The van der Waals surface area contributed by atoms with Gasteiger partial charge < -0.3 is 20.5 Å². The molecular weight excluding hydrogens is 256 g/mol. The molecule has 1 aromatic heterocycles. The van der Waals surface area contributed by atoms with E-state index in [0.717, 1.165) is 48.3 Å². The maximum atomic E-state index is 6.00. The zero-order valence-corrected chi connectivity index (χ0v) is 11.8. The van der Waals surface area contributed by atoms with Crippen LogP contribution in [0.15, 0.2) is 18.3 Å². The van der Waals surface area contributed by atoms with Crippen molar-refractivity contribution in [3.63, 3.8) is 0 Å². The number of ether oxygens (including phenoxy) is 2. The van der Waals surface area contributed by atoms with Crippen LogP contribution < -0.4 is 11.1 Å². The molecule has 0 spiro atoms. The van der Waals surface area contributed by atoms with Crippen LogP contribution in [-0.2, 0) is 9.47 Å². The summed E-state index contributed by atoms with van der Waals surface area (Å²) in [5.41, 5.74) is 8.68. The van der Waals surface area contributed by atoms with Crippen LogP contribution in [0.2, 0.25) is 0 Å². The van der Waals surface area contributed by atoms with Crippen molar-refractivity contribution in [2.45, 2.75) is 12.8 Å². The summed E-state index contributed by atoms with van der Waals surface area (Å²) in [6.45, 7) is 2.95. The van der Waals surface area contributed by atoms with Gasteiger partial charge in [-0.1, -0.05) is 0 Å². The molecule has 0 atom stereocenters. The smallest absolute Gasteiger partial charge is 0.0700 e. The van der Waals surface area contributed by atoms with Gasteiger partial charge in [-0.15, -0.1) is 0 Å². The van der Waals surface area contributed by atoms with Crippen LogP contribution in [0.25, 0.3) is 10.9 Å². The van der Waals surface area contributed by atoms with Gasteiger partial charge in [0.05, 0.1) is 36.3 Å². The lowest BCUT2D eigenvalue weighted by Gasteiger charge is -2.09. The Morgan fingerprint density at radius 2 is 2.15 bits per heavy atom. The fourth-order valence-electron chi connectivity index (χ4n) is 1.96. The molecule has 110 valence electrons. The van der Waals surface area contributed by atoms with E-state index in [1.807, 2.05) is 12.1 Å². The van der Waals surface area contributed by atoms with Gasteiger partial charge in [0.25, 0.3) is 0 Å². The van der Waals surface area contributed by atoms with Crippen molar-refractivity contribution in [1.82, 2.24) is 10.2 Å². The summed E-state index contributed by atoms with van der Waals surface area (Å²) < 4.78 is 10.3. The Balaban J connectivity index is 1.69. The molecule has 0 unspecified atom stereocenters. The number of H-pyrrole nitrogens is 1. The van der Waals surface area contributed by atoms with Crippen LogP contribution >= 0.6 is 0 Å². The monoisotopic (exact) mass is 278 g/mol. The Hall–Kier alpha value is -1.79. The number of nitrogens with one attached hydrogen (secondary N) is 2. The highest BCUT2D eigenvalue weighted by Gasteiger charge is 2.03. The fraction of sp³-hybridized carbons (Fsp3) is 0.500. The number of aromatic nitrogens is 2. The molecule has 0 bridgehead atoms. The van der Waals surface area contributed by atoms with Crippen molar-refractivity contribution in [3.8, 4) is 0 Å². The van der Waals surface area contributed by atoms with Gasteiger partial charge >= 0.3 is 0 Å². The number of fused-ring (bicyclic) bond motifs is 1. The second-order valence-electron chi connectivity index (χ2n) is 4.64. The molecule has 2 aromatic rings. The number of unbranched alkanes of at least 4 members (excludes halogenated alkanes) is 1. The van der Waals surface area contributed by atoms with Gasteiger partial charge in [0, 0.05) is 25.6 Å². The summed E-state index contributed by atoms with van der Waals surface area (Å²) in [7, 11) is 1.67. The molecule has 1 aromatic carbocycles. The number of methoxy groups -OCH3 is 1. The standard InChI is InChI=1S/C14H22N4O2/c1-19-6-7-20-5-3-2-4-16-14-9-13-11(8-12(14)15)10-17-18-13/h8-10,16H,2-7,15H2,1H3,(H,17,18). The first-order valence-corrected chi connectivity index (χ1v) is 6.84. The molecule has 0 fully saturated rings. The van der Waals surface area contributed by atoms with E-state index in [-0.39, 0.29) is 0 Å². The second kappa shape index (κ2) is 7.72. The zero-order valence-electron chi connectivity index (χ0n) is 11.8. The number of nitrogens with two attached hydrogens (primary N) is 1. The quantitative estimate of drug-likeness (QED) is 0.482. The molecule has 0 aliphatic heterocycles. The van der Waals surface area contributed by atoms with Gasteiger partial charge in [0.1, 0.15) is 0 Å². The first-order valence-electron chi connectivity index (χ1n) is 6.84. The van der Waals surface area contributed by atoms with Gasteiger partial charge in [0.2, 0.25) is 0 Å². The molecule has 20 heavy (non-hydrogen) atoms. The fourth-order valence-corrected chi connectivity index (χ4v) is 1.96. The highest BCUT2D eigenvalue weighted by molar-refractivity contribution is 5.88. The molecule has 0 aliphatic carbocycles. The van der Waals surface area contributed by atoms with Crippen LogP contribution in [0.4, 0.5) is 11.4 Å². The second-order valence-corrected chi connectivity index (χ2v) is 4.64. The Bertz CT molecular complexity index is 527. The van der Waals surface area contributed by atoms with Crippen LogP contribution in [0.3, 0.4) is 0 Å². The molecule has 6 heteroatoms. The average molecular weight is 278 g/mol. The minimum absolute atomic E-state index is 0.652. The van der Waals surface area contributed by atoms with Gasteiger partial charge in [-0.3, -0.25) is 5.10 Å². The van der Waals surface area contributed by atoms with E-state index in [4.69, 9.17) is 15.2 Å². The first kappa shape index (κ1) is 14.6. The predicted octanol–water partition coefficient (Wildman–Crippen LogP) is 2.00. The summed E-state index contributed by atoms with van der Waals surface area (Å²) >= 11 is 0. The average Bonchev–Trinajstić information content (AvgIpc) is 2.88. The number of hydrogen-bond donors (Lipinski definition) is 3. The van der Waals surface area contributed by atoms with Crippen molar-refractivity contribution in [2.75, 3.05) is 44.5 Å². The van der Waals surface area contributed by atoms with Gasteiger partial charge in [-0.05, 0) is 25.0 Å². The summed E-state index contributed by atoms with van der Waals surface area (Å²) in [6, 6.07) is 3.92. The Kier molecular flexibility index (Phi) is 5.64. The minimum atomic E-state index is 0.652. The molecule has 0 aliphatic rings. The van der Waals surface area contributed by atoms with E-state index in [0.29, 0.717) is 13.2 Å². The van der Waals surface area contributed by atoms with E-state index >= 15 is 0 Å². The van der Waals surface area contributed by atoms with E-state index in [9.17, 15) is 0 Å². The molecule has 0 saturated carbocycles. The highest BCUT2D eigenvalue weighted by atomic mass is 16.5. The molecule has 0 saturated heterocycles. The third-order valence-corrected chi connectivity index (χ3v) is 3.07. The molecule has 0 amide bonds. The normalized spacial score (nSPS) is 11.1. The largest absolute Gasteiger partial charge is 0.397 e. The Morgan fingerprint density at radius 1 is 1.25 bits per heavy atom. The Labute approximate surface area is 118 Å². The van der Waals surface area contributed by atoms with E-state index in [1.54, 1.807) is 13.3 Å². The summed E-state index contributed by atoms with van der Waals surface area (Å²) in [6.07, 6.45) is 3.82. The molecular formula is C14H22N4O2. The number of nitrogens with zero attached hydrogens (tertiary/aromatic N) is 1. The summed E-state index contributed by atoms with van der Waals surface area (Å²) in [4.78, 5) is 0. The van der Waals surface area contributed by atoms with Crippen LogP contribution in [0, 0.1) is 0 Å². The SMILES string of the molecule is COCCOCCCCNc1cc2[nH]ncc2cc1N. The number of rotatable bonds is 9. The number of hydrogen-bond acceptors (Lipinski definition) is 5. The minimum Gasteiger partial charge on any atom is -0.397 e. The third-order valence-electron chi connectivity index (χ3n) is 3.07.